The second-order valence-corrected chi connectivity index (χ2v) is 3.75. The smallest absolute Gasteiger partial charge is 0.481 e. The Hall–Kier alpha value is -1.73. The van der Waals surface area contributed by atoms with Gasteiger partial charge in [0.05, 0.1) is 0 Å². The number of carboxylic acid groups (broad SMARTS) is 3. The van der Waals surface area contributed by atoms with Crippen LogP contribution in [-0.4, -0.2) is 43.5 Å². The van der Waals surface area contributed by atoms with Crippen molar-refractivity contribution in [1.29, 1.82) is 0 Å². The third kappa shape index (κ3) is 3.15. The molecule has 0 aliphatic rings. The molecule has 0 aromatic rings. The van der Waals surface area contributed by atoms with Crippen molar-refractivity contribution in [2.24, 2.45) is 0 Å². The summed E-state index contributed by atoms with van der Waals surface area (Å²) in [6.45, 7) is 0. The molecule has 0 aromatic heterocycles. The summed E-state index contributed by atoms with van der Waals surface area (Å²) >= 11 is 0. The lowest BCUT2D eigenvalue weighted by Gasteiger charge is -2.13. The zero-order valence-electron chi connectivity index (χ0n) is 7.08. The number of hydrogen-bond acceptors (Lipinski definition) is 4. The molecule has 2 unspecified atom stereocenters. The molecule has 0 bridgehead atoms. The third-order valence-corrected chi connectivity index (χ3v) is 2.52. The maximum atomic E-state index is 10.7. The van der Waals surface area contributed by atoms with Gasteiger partial charge in [0.2, 0.25) is 0 Å². The Bertz CT molecular complexity index is 293. The predicted molar refractivity (Wildman–Crippen MR) is 43.6 cm³/mol. The Morgan fingerprint density at radius 3 is 1.87 bits per heavy atom. The van der Waals surface area contributed by atoms with E-state index < -0.39 is 37.8 Å². The Labute approximate surface area is 83.2 Å². The van der Waals surface area contributed by atoms with Gasteiger partial charge < -0.3 is 15.3 Å². The molecule has 0 fully saturated rings. The van der Waals surface area contributed by atoms with Gasteiger partial charge in [-0.3, -0.25) is 10.1 Å². The van der Waals surface area contributed by atoms with Crippen molar-refractivity contribution in [1.82, 2.24) is 5.32 Å². The average Bonchev–Trinajstić information content (AvgIpc) is 1.99. The van der Waals surface area contributed by atoms with Crippen molar-refractivity contribution in [3.05, 3.63) is 0 Å². The number of carboxylic acids is 2. The SMILES string of the molecule is O=C(O)CC(NC(=O)O)(C(=O)O)[P+](=O)O. The van der Waals surface area contributed by atoms with Crippen LogP contribution in [0.3, 0.4) is 0 Å². The molecule has 84 valence electrons. The minimum atomic E-state index is -3.57. The largest absolute Gasteiger partial charge is 0.547 e. The number of carbonyl (C=O) groups is 3. The molecule has 0 saturated heterocycles. The summed E-state index contributed by atoms with van der Waals surface area (Å²) in [5, 5.41) is 23.4. The Morgan fingerprint density at radius 1 is 1.20 bits per heavy atom. The second kappa shape index (κ2) is 4.67. The monoisotopic (exact) mass is 240 g/mol. The molecule has 0 saturated carbocycles. The van der Waals surface area contributed by atoms with Crippen LogP contribution in [0.25, 0.3) is 0 Å². The molecule has 1 amide bonds. The van der Waals surface area contributed by atoms with Gasteiger partial charge in [0.1, 0.15) is 6.42 Å². The number of amides is 1. The first-order chi connectivity index (χ1) is 6.72. The van der Waals surface area contributed by atoms with E-state index in [1.165, 1.54) is 5.32 Å². The Kier molecular flexibility index (Phi) is 4.13. The summed E-state index contributed by atoms with van der Waals surface area (Å²) in [6.07, 6.45) is -3.24. The molecule has 0 rings (SSSR count). The van der Waals surface area contributed by atoms with Gasteiger partial charge in [0.15, 0.2) is 0 Å². The molecule has 0 aliphatic heterocycles. The quantitative estimate of drug-likeness (QED) is 0.392. The van der Waals surface area contributed by atoms with Crippen LogP contribution in [0.5, 0.6) is 0 Å². The van der Waals surface area contributed by atoms with Crippen molar-refractivity contribution in [2.75, 3.05) is 0 Å². The first-order valence-corrected chi connectivity index (χ1v) is 4.56. The zero-order valence-corrected chi connectivity index (χ0v) is 7.97. The topological polar surface area (TPSA) is 161 Å². The highest BCUT2D eigenvalue weighted by molar-refractivity contribution is 7.41. The molecule has 15 heavy (non-hydrogen) atoms. The lowest BCUT2D eigenvalue weighted by molar-refractivity contribution is -0.147. The predicted octanol–water partition coefficient (Wildman–Crippen LogP) is -0.756. The van der Waals surface area contributed by atoms with Gasteiger partial charge in [-0.25, -0.2) is 9.59 Å². The number of rotatable bonds is 5. The van der Waals surface area contributed by atoms with Gasteiger partial charge >= 0.3 is 31.3 Å². The molecular weight excluding hydrogens is 233 g/mol. The molecule has 0 radical (unpaired) electrons. The van der Waals surface area contributed by atoms with E-state index in [1.54, 1.807) is 0 Å². The fraction of sp³-hybridized carbons (Fsp3) is 0.400. The summed E-state index contributed by atoms with van der Waals surface area (Å²) in [4.78, 5) is 39.7. The second-order valence-electron chi connectivity index (χ2n) is 2.44. The van der Waals surface area contributed by atoms with Crippen LogP contribution in [0.15, 0.2) is 0 Å². The highest BCUT2D eigenvalue weighted by Gasteiger charge is 2.60. The third-order valence-electron chi connectivity index (χ3n) is 1.40. The fourth-order valence-corrected chi connectivity index (χ4v) is 1.39. The van der Waals surface area contributed by atoms with Crippen LogP contribution in [0.2, 0.25) is 0 Å². The van der Waals surface area contributed by atoms with E-state index in [0.29, 0.717) is 0 Å². The van der Waals surface area contributed by atoms with Crippen LogP contribution < -0.4 is 5.32 Å². The number of aliphatic carboxylic acids is 2. The van der Waals surface area contributed by atoms with E-state index in [0.717, 1.165) is 0 Å². The first-order valence-electron chi connectivity index (χ1n) is 3.35. The number of nitrogens with one attached hydrogen (secondary N) is 1. The maximum Gasteiger partial charge on any atom is 0.547 e. The normalized spacial score (nSPS) is 14.9. The summed E-state index contributed by atoms with van der Waals surface area (Å²) in [5.74, 6) is -3.75. The van der Waals surface area contributed by atoms with E-state index in [1.807, 2.05) is 0 Å². The number of hydrogen-bond donors (Lipinski definition) is 5. The maximum absolute atomic E-state index is 10.7. The Morgan fingerprint density at radius 2 is 1.67 bits per heavy atom. The van der Waals surface area contributed by atoms with Crippen LogP contribution in [-0.2, 0) is 14.2 Å². The van der Waals surface area contributed by atoms with Crippen molar-refractivity contribution < 1.29 is 39.2 Å². The van der Waals surface area contributed by atoms with Crippen LogP contribution in [0.4, 0.5) is 4.79 Å². The summed E-state index contributed by atoms with van der Waals surface area (Å²) < 4.78 is 10.7. The van der Waals surface area contributed by atoms with Crippen LogP contribution in [0.1, 0.15) is 6.42 Å². The standard InChI is InChI=1S/C5H6NO8P/c7-2(8)1-5(3(9)10,15(13)14)6-4(11)12/h6H,1H2,(H3-,7,8,9,10,11,12,13,14)/p+1. The van der Waals surface area contributed by atoms with E-state index in [4.69, 9.17) is 20.2 Å². The van der Waals surface area contributed by atoms with Gasteiger partial charge in [-0.15, -0.1) is 0 Å². The minimum absolute atomic E-state index is 1.23. The van der Waals surface area contributed by atoms with E-state index in [-0.39, 0.29) is 0 Å². The van der Waals surface area contributed by atoms with Gasteiger partial charge in [-0.05, 0) is 4.57 Å². The van der Waals surface area contributed by atoms with Gasteiger partial charge in [-0.1, -0.05) is 0 Å². The van der Waals surface area contributed by atoms with Crippen molar-refractivity contribution in [2.45, 2.75) is 11.7 Å². The lowest BCUT2D eigenvalue weighted by Crippen LogP contribution is -2.52. The molecule has 5 N–H and O–H groups in total. The van der Waals surface area contributed by atoms with Crippen LogP contribution in [0, 0.1) is 0 Å². The van der Waals surface area contributed by atoms with E-state index in [2.05, 4.69) is 0 Å². The van der Waals surface area contributed by atoms with Crippen molar-refractivity contribution >= 4 is 26.1 Å². The molecule has 2 atom stereocenters. The molecular formula is C5H7NO8P+. The molecule has 0 aliphatic carbocycles. The lowest BCUT2D eigenvalue weighted by atomic mass is 10.2. The van der Waals surface area contributed by atoms with E-state index >= 15 is 0 Å². The summed E-state index contributed by atoms with van der Waals surface area (Å²) in [5.41, 5.74) is 0. The summed E-state index contributed by atoms with van der Waals surface area (Å²) in [7, 11) is -3.57. The molecule has 9 nitrogen and oxygen atoms in total. The van der Waals surface area contributed by atoms with Gasteiger partial charge in [-0.2, -0.15) is 4.89 Å². The fourth-order valence-electron chi connectivity index (χ4n) is 0.766. The average molecular weight is 240 g/mol. The first kappa shape index (κ1) is 13.3. The minimum Gasteiger partial charge on any atom is -0.481 e. The molecule has 0 heterocycles. The Balaban J connectivity index is 5.26. The van der Waals surface area contributed by atoms with Gasteiger partial charge in [0.25, 0.3) is 0 Å². The summed E-state index contributed by atoms with van der Waals surface area (Å²) in [6, 6.07) is 0. The van der Waals surface area contributed by atoms with Crippen molar-refractivity contribution in [3.63, 3.8) is 0 Å². The van der Waals surface area contributed by atoms with E-state index in [9.17, 15) is 18.9 Å². The highest BCUT2D eigenvalue weighted by atomic mass is 31.1. The van der Waals surface area contributed by atoms with Crippen LogP contribution >= 0.6 is 8.03 Å². The zero-order chi connectivity index (χ0) is 12.2. The molecule has 10 heteroatoms. The molecule has 0 aromatic carbocycles. The van der Waals surface area contributed by atoms with Gasteiger partial charge in [0, 0.05) is 0 Å². The van der Waals surface area contributed by atoms with Crippen molar-refractivity contribution in [3.8, 4) is 0 Å². The highest BCUT2D eigenvalue weighted by Crippen LogP contribution is 2.36. The molecule has 0 spiro atoms.